The third-order valence-electron chi connectivity index (χ3n) is 7.69. The zero-order valence-electron chi connectivity index (χ0n) is 22.0. The summed E-state index contributed by atoms with van der Waals surface area (Å²) < 4.78 is 16.2. The first kappa shape index (κ1) is 27.1. The smallest absolute Gasteiger partial charge is 0.254 e. The van der Waals surface area contributed by atoms with Crippen molar-refractivity contribution in [1.29, 1.82) is 0 Å². The number of hydrogen-bond donors (Lipinski definition) is 0. The molecular formula is C30H37ClN2O4. The molecule has 3 aromatic rings. The van der Waals surface area contributed by atoms with Crippen molar-refractivity contribution in [3.8, 4) is 17.2 Å². The van der Waals surface area contributed by atoms with E-state index in [9.17, 15) is 4.79 Å². The average molecular weight is 525 g/mol. The Labute approximate surface area is 225 Å². The number of hydrogen-bond acceptors (Lipinski definition) is 5. The number of carbonyl (C=O) groups is 1. The lowest BCUT2D eigenvalue weighted by Gasteiger charge is -2.37. The molecule has 1 atom stereocenters. The molecule has 2 aliphatic rings. The van der Waals surface area contributed by atoms with Crippen LogP contribution >= 0.6 is 12.4 Å². The van der Waals surface area contributed by atoms with Crippen LogP contribution in [-0.2, 0) is 12.8 Å². The largest absolute Gasteiger partial charge is 0.497 e. The number of carbonyl (C=O) groups excluding carboxylic acids is 1. The van der Waals surface area contributed by atoms with E-state index in [1.807, 2.05) is 23.1 Å². The summed E-state index contributed by atoms with van der Waals surface area (Å²) in [5.74, 6) is 2.81. The van der Waals surface area contributed by atoms with Crippen molar-refractivity contribution in [2.75, 3.05) is 54.1 Å². The van der Waals surface area contributed by atoms with Crippen LogP contribution in [0.1, 0.15) is 34.3 Å². The SMILES string of the molecule is COc1ccc2cc(CCN3CCCC(CN4CCc5cc(OC)c(OC)cc5C4=O)C3)ccc2c1.Cl. The van der Waals surface area contributed by atoms with Gasteiger partial charge in [-0.1, -0.05) is 24.3 Å². The highest BCUT2D eigenvalue weighted by Gasteiger charge is 2.30. The van der Waals surface area contributed by atoms with Gasteiger partial charge in [-0.15, -0.1) is 12.4 Å². The molecular weight excluding hydrogens is 488 g/mol. The number of benzene rings is 3. The molecule has 0 radical (unpaired) electrons. The molecule has 1 amide bonds. The van der Waals surface area contributed by atoms with Gasteiger partial charge in [-0.3, -0.25) is 4.79 Å². The van der Waals surface area contributed by atoms with Gasteiger partial charge in [-0.25, -0.2) is 0 Å². The molecule has 0 aliphatic carbocycles. The molecule has 198 valence electrons. The predicted molar refractivity (Wildman–Crippen MR) is 150 cm³/mol. The Balaban J connectivity index is 0.00000320. The zero-order valence-corrected chi connectivity index (χ0v) is 22.8. The lowest BCUT2D eigenvalue weighted by molar-refractivity contribution is 0.0661. The summed E-state index contributed by atoms with van der Waals surface area (Å²) in [4.78, 5) is 17.9. The van der Waals surface area contributed by atoms with E-state index in [0.717, 1.165) is 62.4 Å². The molecule has 2 heterocycles. The fourth-order valence-corrected chi connectivity index (χ4v) is 5.69. The molecule has 0 saturated carbocycles. The molecule has 0 N–H and O–H groups in total. The van der Waals surface area contributed by atoms with E-state index in [4.69, 9.17) is 14.2 Å². The molecule has 37 heavy (non-hydrogen) atoms. The van der Waals surface area contributed by atoms with E-state index >= 15 is 0 Å². The molecule has 0 spiro atoms. The first-order valence-electron chi connectivity index (χ1n) is 12.9. The highest BCUT2D eigenvalue weighted by molar-refractivity contribution is 5.97. The molecule has 1 fully saturated rings. The van der Waals surface area contributed by atoms with Crippen molar-refractivity contribution in [3.63, 3.8) is 0 Å². The molecule has 7 heteroatoms. The van der Waals surface area contributed by atoms with Crippen molar-refractivity contribution in [2.45, 2.75) is 25.7 Å². The van der Waals surface area contributed by atoms with Gasteiger partial charge in [0, 0.05) is 31.7 Å². The highest BCUT2D eigenvalue weighted by Crippen LogP contribution is 2.34. The van der Waals surface area contributed by atoms with E-state index in [0.29, 0.717) is 17.4 Å². The Morgan fingerprint density at radius 2 is 1.65 bits per heavy atom. The minimum absolute atomic E-state index is 0. The summed E-state index contributed by atoms with van der Waals surface area (Å²) in [6.45, 7) is 4.81. The zero-order chi connectivity index (χ0) is 25.1. The normalized spacial score (nSPS) is 17.8. The Hall–Kier alpha value is -2.96. The Morgan fingerprint density at radius 3 is 2.43 bits per heavy atom. The van der Waals surface area contributed by atoms with Crippen LogP contribution in [0.25, 0.3) is 10.8 Å². The second-order valence-corrected chi connectivity index (χ2v) is 9.97. The number of likely N-dealkylation sites (tertiary alicyclic amines) is 1. The van der Waals surface area contributed by atoms with Crippen molar-refractivity contribution in [1.82, 2.24) is 9.80 Å². The van der Waals surface area contributed by atoms with E-state index < -0.39 is 0 Å². The Morgan fingerprint density at radius 1 is 0.892 bits per heavy atom. The minimum atomic E-state index is 0. The quantitative estimate of drug-likeness (QED) is 0.403. The van der Waals surface area contributed by atoms with Crippen LogP contribution in [0, 0.1) is 5.92 Å². The van der Waals surface area contributed by atoms with Gasteiger partial charge < -0.3 is 24.0 Å². The number of rotatable bonds is 8. The number of ether oxygens (including phenoxy) is 3. The second-order valence-electron chi connectivity index (χ2n) is 9.97. The first-order chi connectivity index (χ1) is 17.6. The molecule has 1 saturated heterocycles. The lowest BCUT2D eigenvalue weighted by Crippen LogP contribution is -2.45. The number of fused-ring (bicyclic) bond motifs is 2. The standard InChI is InChI=1S/C30H36N2O4.ClH/c1-34-26-9-8-23-15-21(6-7-24(23)16-26)10-13-31-12-4-5-22(19-31)20-32-14-11-25-17-28(35-2)29(36-3)18-27(25)30(32)33;/h6-9,15-18,22H,4-5,10-14,19-20H2,1-3H3;1H. The van der Waals surface area contributed by atoms with Crippen LogP contribution in [-0.4, -0.2) is 69.8 Å². The van der Waals surface area contributed by atoms with Crippen molar-refractivity contribution >= 4 is 29.1 Å². The first-order valence-corrected chi connectivity index (χ1v) is 12.9. The number of amides is 1. The van der Waals surface area contributed by atoms with Crippen LogP contribution in [0.5, 0.6) is 17.2 Å². The van der Waals surface area contributed by atoms with Crippen molar-refractivity contribution in [2.24, 2.45) is 5.92 Å². The molecule has 0 bridgehead atoms. The maximum absolute atomic E-state index is 13.3. The molecule has 0 aromatic heterocycles. The predicted octanol–water partition coefficient (Wildman–Crippen LogP) is 5.24. The van der Waals surface area contributed by atoms with E-state index in [1.54, 1.807) is 21.3 Å². The van der Waals surface area contributed by atoms with Gasteiger partial charge in [0.05, 0.1) is 21.3 Å². The molecule has 5 rings (SSSR count). The molecule has 3 aromatic carbocycles. The summed E-state index contributed by atoms with van der Waals surface area (Å²) in [6, 6.07) is 16.8. The third-order valence-corrected chi connectivity index (χ3v) is 7.69. The highest BCUT2D eigenvalue weighted by atomic mass is 35.5. The Bertz CT molecular complexity index is 1250. The molecule has 6 nitrogen and oxygen atoms in total. The van der Waals surface area contributed by atoms with Crippen LogP contribution < -0.4 is 14.2 Å². The van der Waals surface area contributed by atoms with Crippen LogP contribution in [0.4, 0.5) is 0 Å². The third kappa shape index (κ3) is 5.97. The van der Waals surface area contributed by atoms with Gasteiger partial charge in [0.2, 0.25) is 0 Å². The van der Waals surface area contributed by atoms with Crippen LogP contribution in [0.3, 0.4) is 0 Å². The van der Waals surface area contributed by atoms with Gasteiger partial charge in [0.1, 0.15) is 5.75 Å². The summed E-state index contributed by atoms with van der Waals surface area (Å²) in [6.07, 6.45) is 4.25. The van der Waals surface area contributed by atoms with E-state index in [2.05, 4.69) is 35.2 Å². The molecule has 2 aliphatic heterocycles. The summed E-state index contributed by atoms with van der Waals surface area (Å²) >= 11 is 0. The van der Waals surface area contributed by atoms with Gasteiger partial charge in [-0.2, -0.15) is 0 Å². The number of methoxy groups -OCH3 is 3. The molecule has 1 unspecified atom stereocenters. The van der Waals surface area contributed by atoms with Gasteiger partial charge in [-0.05, 0) is 84.3 Å². The Kier molecular flexibility index (Phi) is 8.83. The topological polar surface area (TPSA) is 51.2 Å². The lowest BCUT2D eigenvalue weighted by atomic mass is 9.93. The summed E-state index contributed by atoms with van der Waals surface area (Å²) in [7, 11) is 4.95. The fourth-order valence-electron chi connectivity index (χ4n) is 5.69. The van der Waals surface area contributed by atoms with Crippen LogP contribution in [0.15, 0.2) is 48.5 Å². The summed E-state index contributed by atoms with van der Waals surface area (Å²) in [5.41, 5.74) is 3.16. The maximum Gasteiger partial charge on any atom is 0.254 e. The van der Waals surface area contributed by atoms with E-state index in [1.165, 1.54) is 29.2 Å². The minimum Gasteiger partial charge on any atom is -0.497 e. The fraction of sp³-hybridized carbons (Fsp3) is 0.433. The monoisotopic (exact) mass is 524 g/mol. The number of nitrogens with zero attached hydrogens (tertiary/aromatic N) is 2. The van der Waals surface area contributed by atoms with Crippen LogP contribution in [0.2, 0.25) is 0 Å². The average Bonchev–Trinajstić information content (AvgIpc) is 2.92. The van der Waals surface area contributed by atoms with E-state index in [-0.39, 0.29) is 18.3 Å². The van der Waals surface area contributed by atoms with Crippen molar-refractivity contribution < 1.29 is 19.0 Å². The van der Waals surface area contributed by atoms with Gasteiger partial charge >= 0.3 is 0 Å². The van der Waals surface area contributed by atoms with Crippen molar-refractivity contribution in [3.05, 3.63) is 65.2 Å². The number of halogens is 1. The number of piperidine rings is 1. The summed E-state index contributed by atoms with van der Waals surface area (Å²) in [5, 5.41) is 2.46. The maximum atomic E-state index is 13.3. The second kappa shape index (κ2) is 12.1. The van der Waals surface area contributed by atoms with Gasteiger partial charge in [0.25, 0.3) is 5.91 Å². The van der Waals surface area contributed by atoms with Gasteiger partial charge in [0.15, 0.2) is 11.5 Å².